The number of fused-ring (bicyclic) bond motifs is 1. The molecule has 1 aliphatic rings. The van der Waals surface area contributed by atoms with Gasteiger partial charge in [0.25, 0.3) is 0 Å². The molecule has 0 saturated carbocycles. The Morgan fingerprint density at radius 1 is 0.912 bits per heavy atom. The Labute approximate surface area is 203 Å². The largest absolute Gasteiger partial charge is 0.508 e. The highest BCUT2D eigenvalue weighted by Gasteiger charge is 2.24. The van der Waals surface area contributed by atoms with E-state index in [2.05, 4.69) is 65.4 Å². The number of hydrogen-bond donors (Lipinski definition) is 1. The lowest BCUT2D eigenvalue weighted by Gasteiger charge is -2.30. The second-order valence-electron chi connectivity index (χ2n) is 9.47. The molecule has 34 heavy (non-hydrogen) atoms. The van der Waals surface area contributed by atoms with Crippen molar-refractivity contribution < 1.29 is 14.6 Å². The van der Waals surface area contributed by atoms with Crippen molar-refractivity contribution in [1.29, 1.82) is 0 Å². The van der Waals surface area contributed by atoms with E-state index in [1.165, 1.54) is 27.9 Å². The third-order valence-electron chi connectivity index (χ3n) is 6.66. The summed E-state index contributed by atoms with van der Waals surface area (Å²) in [7, 11) is 7.96. The molecule has 0 spiro atoms. The molecule has 0 radical (unpaired) electrons. The van der Waals surface area contributed by atoms with Gasteiger partial charge in [-0.1, -0.05) is 24.3 Å². The summed E-state index contributed by atoms with van der Waals surface area (Å²) in [5.41, 5.74) is 6.40. The van der Waals surface area contributed by atoms with Crippen LogP contribution >= 0.6 is 0 Å². The number of methoxy groups -OCH3 is 1. The Balaban J connectivity index is 1.50. The summed E-state index contributed by atoms with van der Waals surface area (Å²) in [5, 5.41) is 9.84. The molecule has 1 unspecified atom stereocenters. The van der Waals surface area contributed by atoms with E-state index < -0.39 is 0 Å². The van der Waals surface area contributed by atoms with Gasteiger partial charge in [-0.05, 0) is 91.9 Å². The molecule has 3 aromatic carbocycles. The Morgan fingerprint density at radius 2 is 1.68 bits per heavy atom. The quantitative estimate of drug-likeness (QED) is 0.473. The number of phenols is 1. The van der Waals surface area contributed by atoms with Crippen molar-refractivity contribution in [1.82, 2.24) is 4.90 Å². The maximum atomic E-state index is 9.84. The average Bonchev–Trinajstić information content (AvgIpc) is 2.84. The van der Waals surface area contributed by atoms with Gasteiger partial charge in [0.2, 0.25) is 0 Å². The first-order valence-corrected chi connectivity index (χ1v) is 12.0. The van der Waals surface area contributed by atoms with E-state index in [9.17, 15) is 5.11 Å². The molecule has 1 N–H and O–H groups in total. The second kappa shape index (κ2) is 10.8. The minimum Gasteiger partial charge on any atom is -0.508 e. The summed E-state index contributed by atoms with van der Waals surface area (Å²) in [6.07, 6.45) is 3.04. The second-order valence-corrected chi connectivity index (χ2v) is 9.47. The lowest BCUT2D eigenvalue weighted by atomic mass is 9.79. The number of aryl methyl sites for hydroxylation is 1. The molecule has 3 aromatic rings. The Kier molecular flexibility index (Phi) is 7.63. The Bertz CT molecular complexity index is 1100. The van der Waals surface area contributed by atoms with Crippen LogP contribution in [0.25, 0.3) is 0 Å². The standard InChI is InChI=1S/C29H36N2O3/c1-30(2)15-16-34-26-11-5-21(6-12-26)20-31(3)29-19-27(33-4)13-14-28(29)24-8-7-23-18-25(32)10-9-22(23)17-24/h5-6,9-14,18-19,24,32H,7-8,15-17,20H2,1-4H3. The van der Waals surface area contributed by atoms with E-state index in [0.29, 0.717) is 18.3 Å². The number of likely N-dealkylation sites (N-methyl/N-ethyl adjacent to an activating group) is 1. The van der Waals surface area contributed by atoms with Crippen LogP contribution in [0.15, 0.2) is 60.7 Å². The SMILES string of the molecule is COc1ccc(C2CCc3cc(O)ccc3C2)c(N(C)Cc2ccc(OCCN(C)C)cc2)c1. The zero-order chi connectivity index (χ0) is 24.1. The van der Waals surface area contributed by atoms with Crippen molar-refractivity contribution in [3.05, 3.63) is 82.9 Å². The molecular formula is C29H36N2O3. The highest BCUT2D eigenvalue weighted by Crippen LogP contribution is 2.39. The lowest BCUT2D eigenvalue weighted by Crippen LogP contribution is -2.21. The Morgan fingerprint density at radius 3 is 2.41 bits per heavy atom. The molecule has 180 valence electrons. The molecule has 4 rings (SSSR count). The van der Waals surface area contributed by atoms with Gasteiger partial charge < -0.3 is 24.4 Å². The van der Waals surface area contributed by atoms with Crippen molar-refractivity contribution >= 4 is 5.69 Å². The number of hydrogen-bond acceptors (Lipinski definition) is 5. The summed E-state index contributed by atoms with van der Waals surface area (Å²) in [6.45, 7) is 2.38. The predicted molar refractivity (Wildman–Crippen MR) is 138 cm³/mol. The molecule has 0 bridgehead atoms. The monoisotopic (exact) mass is 460 g/mol. The van der Waals surface area contributed by atoms with Gasteiger partial charge in [-0.3, -0.25) is 0 Å². The van der Waals surface area contributed by atoms with Crippen LogP contribution < -0.4 is 14.4 Å². The fraction of sp³-hybridized carbons (Fsp3) is 0.379. The van der Waals surface area contributed by atoms with Crippen LogP contribution in [0, 0.1) is 0 Å². The van der Waals surface area contributed by atoms with Gasteiger partial charge in [-0.25, -0.2) is 0 Å². The number of ether oxygens (including phenoxy) is 2. The average molecular weight is 461 g/mol. The van der Waals surface area contributed by atoms with Gasteiger partial charge in [0.1, 0.15) is 23.9 Å². The molecule has 1 aliphatic carbocycles. The number of benzene rings is 3. The minimum atomic E-state index is 0.358. The predicted octanol–water partition coefficient (Wildman–Crippen LogP) is 5.25. The maximum absolute atomic E-state index is 9.84. The van der Waals surface area contributed by atoms with Gasteiger partial charge in [-0.2, -0.15) is 0 Å². The van der Waals surface area contributed by atoms with Crippen LogP contribution in [0.4, 0.5) is 5.69 Å². The zero-order valence-corrected chi connectivity index (χ0v) is 20.8. The molecule has 0 aromatic heterocycles. The topological polar surface area (TPSA) is 45.2 Å². The van der Waals surface area contributed by atoms with Crippen molar-refractivity contribution in [2.45, 2.75) is 31.7 Å². The van der Waals surface area contributed by atoms with Crippen molar-refractivity contribution in [3.63, 3.8) is 0 Å². The number of aromatic hydroxyl groups is 1. The van der Waals surface area contributed by atoms with Crippen LogP contribution in [0.3, 0.4) is 0 Å². The van der Waals surface area contributed by atoms with E-state index in [-0.39, 0.29) is 0 Å². The van der Waals surface area contributed by atoms with E-state index in [0.717, 1.165) is 43.9 Å². The fourth-order valence-electron chi connectivity index (χ4n) is 4.73. The first kappa shape index (κ1) is 24.0. The number of anilines is 1. The van der Waals surface area contributed by atoms with Gasteiger partial charge in [0.15, 0.2) is 0 Å². The van der Waals surface area contributed by atoms with Crippen LogP contribution in [-0.4, -0.2) is 51.4 Å². The van der Waals surface area contributed by atoms with Gasteiger partial charge in [0.05, 0.1) is 7.11 Å². The summed E-state index contributed by atoms with van der Waals surface area (Å²) < 4.78 is 11.4. The highest BCUT2D eigenvalue weighted by atomic mass is 16.5. The normalized spacial score (nSPS) is 15.1. The Hall–Kier alpha value is -3.18. The number of rotatable bonds is 9. The van der Waals surface area contributed by atoms with Crippen LogP contribution in [0.5, 0.6) is 17.2 Å². The summed E-state index contributed by atoms with van der Waals surface area (Å²) in [4.78, 5) is 4.43. The smallest absolute Gasteiger partial charge is 0.120 e. The van der Waals surface area contributed by atoms with Gasteiger partial charge in [0, 0.05) is 31.9 Å². The van der Waals surface area contributed by atoms with E-state index in [4.69, 9.17) is 9.47 Å². The molecule has 1 atom stereocenters. The summed E-state index contributed by atoms with van der Waals surface area (Å²) >= 11 is 0. The summed E-state index contributed by atoms with van der Waals surface area (Å²) in [5.74, 6) is 2.57. The molecule has 0 fully saturated rings. The maximum Gasteiger partial charge on any atom is 0.120 e. The van der Waals surface area contributed by atoms with Crippen molar-refractivity contribution in [2.24, 2.45) is 0 Å². The lowest BCUT2D eigenvalue weighted by molar-refractivity contribution is 0.261. The van der Waals surface area contributed by atoms with E-state index in [1.54, 1.807) is 13.2 Å². The third kappa shape index (κ3) is 5.84. The first-order valence-electron chi connectivity index (χ1n) is 12.0. The molecule has 5 nitrogen and oxygen atoms in total. The van der Waals surface area contributed by atoms with Gasteiger partial charge >= 0.3 is 0 Å². The molecule has 0 saturated heterocycles. The highest BCUT2D eigenvalue weighted by molar-refractivity contribution is 5.59. The molecular weight excluding hydrogens is 424 g/mol. The van der Waals surface area contributed by atoms with Crippen LogP contribution in [0.2, 0.25) is 0 Å². The van der Waals surface area contributed by atoms with E-state index >= 15 is 0 Å². The minimum absolute atomic E-state index is 0.358. The van der Waals surface area contributed by atoms with Crippen molar-refractivity contribution in [3.8, 4) is 17.2 Å². The van der Waals surface area contributed by atoms with Crippen LogP contribution in [-0.2, 0) is 19.4 Å². The first-order chi connectivity index (χ1) is 16.4. The number of nitrogens with zero attached hydrogens (tertiary/aromatic N) is 2. The fourth-order valence-corrected chi connectivity index (χ4v) is 4.73. The molecule has 0 aliphatic heterocycles. The van der Waals surface area contributed by atoms with Crippen molar-refractivity contribution in [2.75, 3.05) is 46.3 Å². The van der Waals surface area contributed by atoms with Gasteiger partial charge in [-0.15, -0.1) is 0 Å². The third-order valence-corrected chi connectivity index (χ3v) is 6.66. The summed E-state index contributed by atoms with van der Waals surface area (Å²) in [6, 6.07) is 20.6. The van der Waals surface area contributed by atoms with Crippen LogP contribution in [0.1, 0.15) is 34.6 Å². The molecule has 0 amide bonds. The number of phenolic OH excluding ortho intramolecular Hbond substituents is 1. The zero-order valence-electron chi connectivity index (χ0n) is 20.8. The molecule has 0 heterocycles. The molecule has 5 heteroatoms. The van der Waals surface area contributed by atoms with E-state index in [1.807, 2.05) is 20.2 Å².